The van der Waals surface area contributed by atoms with Crippen LogP contribution in [0.15, 0.2) is 18.2 Å². The molecule has 19 heavy (non-hydrogen) atoms. The second-order valence-electron chi connectivity index (χ2n) is 5.38. The normalized spacial score (nSPS) is 11.4. The largest absolute Gasteiger partial charge is 0.396 e. The summed E-state index contributed by atoms with van der Waals surface area (Å²) in [5.74, 6) is -0.971. The van der Waals surface area contributed by atoms with Gasteiger partial charge in [-0.25, -0.2) is 4.39 Å². The Morgan fingerprint density at radius 2 is 2.16 bits per heavy atom. The molecule has 0 aliphatic heterocycles. The number of amides is 1. The Labute approximate surface area is 112 Å². The van der Waals surface area contributed by atoms with Crippen molar-refractivity contribution in [3.8, 4) is 0 Å². The van der Waals surface area contributed by atoms with Crippen molar-refractivity contribution in [1.82, 2.24) is 5.32 Å². The molecule has 4 N–H and O–H groups in total. The first-order valence-electron chi connectivity index (χ1n) is 6.30. The summed E-state index contributed by atoms with van der Waals surface area (Å²) >= 11 is 0. The van der Waals surface area contributed by atoms with E-state index in [1.165, 1.54) is 18.2 Å². The molecule has 0 atom stereocenters. The number of aliphatic hydroxyl groups is 1. The second-order valence-corrected chi connectivity index (χ2v) is 5.38. The third kappa shape index (κ3) is 4.52. The lowest BCUT2D eigenvalue weighted by Gasteiger charge is -2.24. The first kappa shape index (κ1) is 15.4. The monoisotopic (exact) mass is 268 g/mol. The highest BCUT2D eigenvalue weighted by Crippen LogP contribution is 2.21. The lowest BCUT2D eigenvalue weighted by atomic mass is 9.88. The average Bonchev–Trinajstić information content (AvgIpc) is 2.37. The van der Waals surface area contributed by atoms with E-state index in [4.69, 9.17) is 10.8 Å². The molecule has 0 aromatic heterocycles. The molecule has 0 radical (unpaired) electrons. The number of benzene rings is 1. The van der Waals surface area contributed by atoms with Gasteiger partial charge in [-0.1, -0.05) is 19.9 Å². The number of anilines is 1. The van der Waals surface area contributed by atoms with E-state index in [1.54, 1.807) is 0 Å². The lowest BCUT2D eigenvalue weighted by Crippen LogP contribution is -2.34. The minimum Gasteiger partial charge on any atom is -0.396 e. The summed E-state index contributed by atoms with van der Waals surface area (Å²) in [7, 11) is 0. The molecule has 1 aromatic rings. The highest BCUT2D eigenvalue weighted by atomic mass is 19.1. The molecular formula is C14H21FN2O2. The Hall–Kier alpha value is -1.62. The molecule has 1 aromatic carbocycles. The average molecular weight is 268 g/mol. The van der Waals surface area contributed by atoms with Crippen molar-refractivity contribution < 1.29 is 14.3 Å². The van der Waals surface area contributed by atoms with E-state index in [0.717, 1.165) is 6.42 Å². The van der Waals surface area contributed by atoms with E-state index in [-0.39, 0.29) is 29.2 Å². The number of hydrogen-bond donors (Lipinski definition) is 3. The Morgan fingerprint density at radius 3 is 2.79 bits per heavy atom. The van der Waals surface area contributed by atoms with Gasteiger partial charge in [0.2, 0.25) is 0 Å². The molecule has 0 bridgehead atoms. The van der Waals surface area contributed by atoms with Gasteiger partial charge in [0.25, 0.3) is 5.91 Å². The zero-order valence-electron chi connectivity index (χ0n) is 11.4. The predicted molar refractivity (Wildman–Crippen MR) is 73.2 cm³/mol. The standard InChI is InChI=1S/C14H21FN2O2/c1-14(2,7-4-8-18)9-17-13(19)10-5-3-6-11(15)12(10)16/h3,5-6,18H,4,7-9,16H2,1-2H3,(H,17,19). The van der Waals surface area contributed by atoms with Gasteiger partial charge in [0.15, 0.2) is 0 Å². The summed E-state index contributed by atoms with van der Waals surface area (Å²) in [5.41, 5.74) is 5.43. The molecule has 0 saturated carbocycles. The van der Waals surface area contributed by atoms with E-state index in [1.807, 2.05) is 13.8 Å². The molecule has 1 amide bonds. The van der Waals surface area contributed by atoms with Gasteiger partial charge in [0.05, 0.1) is 11.3 Å². The lowest BCUT2D eigenvalue weighted by molar-refractivity contribution is 0.0933. The van der Waals surface area contributed by atoms with Crippen molar-refractivity contribution in [1.29, 1.82) is 0 Å². The molecule has 5 heteroatoms. The van der Waals surface area contributed by atoms with Crippen molar-refractivity contribution in [2.75, 3.05) is 18.9 Å². The minimum atomic E-state index is -0.591. The van der Waals surface area contributed by atoms with Gasteiger partial charge >= 0.3 is 0 Å². The summed E-state index contributed by atoms with van der Waals surface area (Å²) < 4.78 is 13.2. The molecule has 0 spiro atoms. The smallest absolute Gasteiger partial charge is 0.253 e. The third-order valence-corrected chi connectivity index (χ3v) is 3.04. The molecule has 0 fully saturated rings. The Morgan fingerprint density at radius 1 is 1.47 bits per heavy atom. The molecule has 4 nitrogen and oxygen atoms in total. The van der Waals surface area contributed by atoms with Crippen molar-refractivity contribution >= 4 is 11.6 Å². The van der Waals surface area contributed by atoms with Crippen LogP contribution in [0.5, 0.6) is 0 Å². The van der Waals surface area contributed by atoms with Crippen molar-refractivity contribution in [3.63, 3.8) is 0 Å². The summed E-state index contributed by atoms with van der Waals surface area (Å²) in [6.07, 6.45) is 1.48. The SMILES string of the molecule is CC(C)(CCCO)CNC(=O)c1cccc(F)c1N. The van der Waals surface area contributed by atoms with Gasteiger partial charge in [-0.15, -0.1) is 0 Å². The molecule has 0 aliphatic carbocycles. The van der Waals surface area contributed by atoms with Crippen LogP contribution in [0.4, 0.5) is 10.1 Å². The van der Waals surface area contributed by atoms with Crippen LogP contribution < -0.4 is 11.1 Å². The maximum atomic E-state index is 13.2. The fraction of sp³-hybridized carbons (Fsp3) is 0.500. The maximum Gasteiger partial charge on any atom is 0.253 e. The summed E-state index contributed by atoms with van der Waals surface area (Å²) in [4.78, 5) is 11.9. The molecular weight excluding hydrogens is 247 g/mol. The molecule has 106 valence electrons. The number of nitrogens with two attached hydrogens (primary N) is 1. The Bertz CT molecular complexity index is 447. The molecule has 0 aliphatic rings. The van der Waals surface area contributed by atoms with Crippen LogP contribution in [0.25, 0.3) is 0 Å². The number of rotatable bonds is 6. The van der Waals surface area contributed by atoms with E-state index in [0.29, 0.717) is 13.0 Å². The molecule has 0 heterocycles. The van der Waals surface area contributed by atoms with Crippen LogP contribution in [0.2, 0.25) is 0 Å². The number of nitrogen functional groups attached to an aromatic ring is 1. The number of halogens is 1. The van der Waals surface area contributed by atoms with Gasteiger partial charge in [-0.05, 0) is 30.4 Å². The van der Waals surface area contributed by atoms with Crippen molar-refractivity contribution in [3.05, 3.63) is 29.6 Å². The predicted octanol–water partition coefficient (Wildman–Crippen LogP) is 1.94. The number of aliphatic hydroxyl groups excluding tert-OH is 1. The summed E-state index contributed by atoms with van der Waals surface area (Å²) in [6, 6.07) is 4.17. The highest BCUT2D eigenvalue weighted by Gasteiger charge is 2.20. The van der Waals surface area contributed by atoms with Gasteiger partial charge in [0.1, 0.15) is 5.82 Å². The number of carbonyl (C=O) groups is 1. The van der Waals surface area contributed by atoms with E-state index < -0.39 is 5.82 Å². The van der Waals surface area contributed by atoms with Crippen LogP contribution >= 0.6 is 0 Å². The number of carbonyl (C=O) groups excluding carboxylic acids is 1. The number of para-hydroxylation sites is 1. The molecule has 1 rings (SSSR count). The zero-order chi connectivity index (χ0) is 14.5. The van der Waals surface area contributed by atoms with Crippen LogP contribution in [0, 0.1) is 11.2 Å². The molecule has 0 saturated heterocycles. The zero-order valence-corrected chi connectivity index (χ0v) is 11.4. The second kappa shape index (κ2) is 6.52. The van der Waals surface area contributed by atoms with E-state index >= 15 is 0 Å². The van der Waals surface area contributed by atoms with Crippen molar-refractivity contribution in [2.45, 2.75) is 26.7 Å². The fourth-order valence-corrected chi connectivity index (χ4v) is 1.80. The van der Waals surface area contributed by atoms with Crippen LogP contribution in [0.3, 0.4) is 0 Å². The molecule has 0 unspecified atom stereocenters. The van der Waals surface area contributed by atoms with Crippen LogP contribution in [0.1, 0.15) is 37.0 Å². The minimum absolute atomic E-state index is 0.125. The Kier molecular flexibility index (Phi) is 5.30. The highest BCUT2D eigenvalue weighted by molar-refractivity contribution is 5.99. The van der Waals surface area contributed by atoms with Gasteiger partial charge in [-0.3, -0.25) is 4.79 Å². The quantitative estimate of drug-likeness (QED) is 0.690. The third-order valence-electron chi connectivity index (χ3n) is 3.04. The van der Waals surface area contributed by atoms with Crippen LogP contribution in [-0.2, 0) is 0 Å². The summed E-state index contributed by atoms with van der Waals surface area (Å²) in [6.45, 7) is 4.58. The van der Waals surface area contributed by atoms with Crippen molar-refractivity contribution in [2.24, 2.45) is 5.41 Å². The van der Waals surface area contributed by atoms with Crippen LogP contribution in [-0.4, -0.2) is 24.2 Å². The van der Waals surface area contributed by atoms with E-state index in [9.17, 15) is 9.18 Å². The first-order valence-corrected chi connectivity index (χ1v) is 6.30. The topological polar surface area (TPSA) is 75.3 Å². The van der Waals surface area contributed by atoms with Gasteiger partial charge in [-0.2, -0.15) is 0 Å². The van der Waals surface area contributed by atoms with Gasteiger partial charge in [0, 0.05) is 13.2 Å². The van der Waals surface area contributed by atoms with Gasteiger partial charge < -0.3 is 16.2 Å². The Balaban J connectivity index is 2.63. The number of nitrogens with one attached hydrogen (secondary N) is 1. The summed E-state index contributed by atoms with van der Waals surface area (Å²) in [5, 5.41) is 11.6. The fourth-order valence-electron chi connectivity index (χ4n) is 1.80. The first-order chi connectivity index (χ1) is 8.87. The van der Waals surface area contributed by atoms with E-state index in [2.05, 4.69) is 5.32 Å². The maximum absolute atomic E-state index is 13.2. The number of hydrogen-bond acceptors (Lipinski definition) is 3.